The Balaban J connectivity index is 2.21. The number of nitrogens with one attached hydrogen (secondary N) is 1. The normalized spacial score (nSPS) is 11.8. The molecule has 1 aromatic heterocycles. The number of aromatic nitrogens is 1. The molecule has 7 heteroatoms. The molecule has 3 rings (SSSR count). The molecule has 0 saturated carbocycles. The van der Waals surface area contributed by atoms with Crippen LogP contribution in [0.1, 0.15) is 28.5 Å². The maximum atomic E-state index is 13.0. The predicted octanol–water partition coefficient (Wildman–Crippen LogP) is 3.26. The minimum absolute atomic E-state index is 0.0105. The van der Waals surface area contributed by atoms with Crippen molar-refractivity contribution in [1.29, 1.82) is 0 Å². The van der Waals surface area contributed by atoms with Crippen LogP contribution in [0.4, 0.5) is 0 Å². The standard InChI is InChI=1S/C17H15ClN2O3S/c1-2-13-16(11-5-3-4-6-14(11)20-13)17(21)10-7-8-12(18)15(9-10)24(19,22)23/h3-9,20H,2H2,1H3,(H2,19,22,23). The van der Waals surface area contributed by atoms with Crippen LogP contribution in [0.3, 0.4) is 0 Å². The first-order chi connectivity index (χ1) is 11.3. The highest BCUT2D eigenvalue weighted by Crippen LogP contribution is 2.28. The average Bonchev–Trinajstić information content (AvgIpc) is 2.92. The Labute approximate surface area is 144 Å². The highest BCUT2D eigenvalue weighted by molar-refractivity contribution is 7.89. The number of ketones is 1. The Morgan fingerprint density at radius 1 is 1.21 bits per heavy atom. The van der Waals surface area contributed by atoms with Gasteiger partial charge in [-0.1, -0.05) is 36.7 Å². The summed E-state index contributed by atoms with van der Waals surface area (Å²) in [4.78, 5) is 16.0. The van der Waals surface area contributed by atoms with Crippen molar-refractivity contribution in [1.82, 2.24) is 4.98 Å². The second-order valence-corrected chi connectivity index (χ2v) is 7.33. The van der Waals surface area contributed by atoms with Gasteiger partial charge >= 0.3 is 0 Å². The lowest BCUT2D eigenvalue weighted by molar-refractivity contribution is 0.103. The summed E-state index contributed by atoms with van der Waals surface area (Å²) in [5.74, 6) is -0.272. The topological polar surface area (TPSA) is 93.0 Å². The summed E-state index contributed by atoms with van der Waals surface area (Å²) in [7, 11) is -4.01. The maximum Gasteiger partial charge on any atom is 0.239 e. The Hall–Kier alpha value is -2.15. The Morgan fingerprint density at radius 3 is 2.58 bits per heavy atom. The lowest BCUT2D eigenvalue weighted by Crippen LogP contribution is -2.14. The number of halogens is 1. The molecule has 3 N–H and O–H groups in total. The lowest BCUT2D eigenvalue weighted by atomic mass is 9.99. The molecule has 2 aromatic carbocycles. The summed E-state index contributed by atoms with van der Waals surface area (Å²) in [6.07, 6.45) is 0.644. The van der Waals surface area contributed by atoms with Crippen LogP contribution in [0.15, 0.2) is 47.4 Å². The van der Waals surface area contributed by atoms with Gasteiger partial charge in [-0.3, -0.25) is 4.79 Å². The van der Waals surface area contributed by atoms with E-state index in [2.05, 4.69) is 4.98 Å². The summed E-state index contributed by atoms with van der Waals surface area (Å²) in [6.45, 7) is 1.94. The monoisotopic (exact) mass is 362 g/mol. The average molecular weight is 363 g/mol. The van der Waals surface area contributed by atoms with Crippen LogP contribution in [0, 0.1) is 0 Å². The van der Waals surface area contributed by atoms with Crippen molar-refractivity contribution in [3.63, 3.8) is 0 Å². The zero-order valence-corrected chi connectivity index (χ0v) is 14.4. The molecule has 0 atom stereocenters. The van der Waals surface area contributed by atoms with Crippen LogP contribution in [0.25, 0.3) is 10.9 Å². The fourth-order valence-corrected chi connectivity index (χ4v) is 3.80. The quantitative estimate of drug-likeness (QED) is 0.697. The third-order valence-corrected chi connectivity index (χ3v) is 5.26. The molecule has 0 radical (unpaired) electrons. The van der Waals surface area contributed by atoms with Crippen molar-refractivity contribution < 1.29 is 13.2 Å². The Bertz CT molecular complexity index is 1050. The van der Waals surface area contributed by atoms with Crippen LogP contribution < -0.4 is 5.14 Å². The van der Waals surface area contributed by atoms with Crippen LogP contribution >= 0.6 is 11.6 Å². The first-order valence-electron chi connectivity index (χ1n) is 7.29. The number of nitrogens with two attached hydrogens (primary N) is 1. The summed E-state index contributed by atoms with van der Waals surface area (Å²) in [5, 5.41) is 5.95. The number of benzene rings is 2. The third kappa shape index (κ3) is 2.84. The van der Waals surface area contributed by atoms with E-state index in [9.17, 15) is 13.2 Å². The number of carbonyl (C=O) groups excluding carboxylic acids is 1. The SMILES string of the molecule is CCc1[nH]c2ccccc2c1C(=O)c1ccc(Cl)c(S(N)(=O)=O)c1. The Morgan fingerprint density at radius 2 is 1.92 bits per heavy atom. The summed E-state index contributed by atoms with van der Waals surface area (Å²) >= 11 is 5.89. The molecule has 5 nitrogen and oxygen atoms in total. The number of hydrogen-bond donors (Lipinski definition) is 2. The first kappa shape index (κ1) is 16.7. The number of aryl methyl sites for hydroxylation is 1. The lowest BCUT2D eigenvalue weighted by Gasteiger charge is -2.07. The van der Waals surface area contributed by atoms with Gasteiger partial charge in [-0.15, -0.1) is 0 Å². The van der Waals surface area contributed by atoms with Crippen LogP contribution in [0.5, 0.6) is 0 Å². The molecule has 24 heavy (non-hydrogen) atoms. The summed E-state index contributed by atoms with van der Waals surface area (Å²) < 4.78 is 23.3. The number of carbonyl (C=O) groups is 1. The zero-order chi connectivity index (χ0) is 17.5. The van der Waals surface area contributed by atoms with E-state index in [4.69, 9.17) is 16.7 Å². The highest BCUT2D eigenvalue weighted by Gasteiger charge is 2.21. The summed E-state index contributed by atoms with van der Waals surface area (Å²) in [6, 6.07) is 11.6. The molecule has 1 heterocycles. The molecule has 0 amide bonds. The van der Waals surface area contributed by atoms with Gasteiger partial charge in [-0.25, -0.2) is 13.6 Å². The van der Waals surface area contributed by atoms with Crippen molar-refractivity contribution in [2.24, 2.45) is 5.14 Å². The number of rotatable bonds is 4. The molecule has 0 bridgehead atoms. The molecule has 0 saturated heterocycles. The molecule has 0 aliphatic carbocycles. The second kappa shape index (κ2) is 6.05. The minimum atomic E-state index is -4.01. The van der Waals surface area contributed by atoms with Crippen LogP contribution in [-0.2, 0) is 16.4 Å². The number of aromatic amines is 1. The van der Waals surface area contributed by atoms with Crippen molar-refractivity contribution in [2.75, 3.05) is 0 Å². The van der Waals surface area contributed by atoms with Gasteiger partial charge in [-0.2, -0.15) is 0 Å². The fourth-order valence-electron chi connectivity index (χ4n) is 2.73. The number of primary sulfonamides is 1. The van der Waals surface area contributed by atoms with Crippen molar-refractivity contribution in [2.45, 2.75) is 18.2 Å². The number of para-hydroxylation sites is 1. The van der Waals surface area contributed by atoms with E-state index < -0.39 is 10.0 Å². The van der Waals surface area contributed by atoms with E-state index >= 15 is 0 Å². The van der Waals surface area contributed by atoms with Gasteiger partial charge in [0.05, 0.1) is 10.6 Å². The van der Waals surface area contributed by atoms with Crippen LogP contribution in [0.2, 0.25) is 5.02 Å². The van der Waals surface area contributed by atoms with E-state index in [1.807, 2.05) is 31.2 Å². The molecule has 0 unspecified atom stereocenters. The van der Waals surface area contributed by atoms with Gasteiger partial charge in [0.2, 0.25) is 10.0 Å². The number of fused-ring (bicyclic) bond motifs is 1. The molecular weight excluding hydrogens is 348 g/mol. The largest absolute Gasteiger partial charge is 0.358 e. The van der Waals surface area contributed by atoms with E-state index in [0.29, 0.717) is 12.0 Å². The van der Waals surface area contributed by atoms with Crippen molar-refractivity contribution in [3.05, 3.63) is 64.3 Å². The fraction of sp³-hybridized carbons (Fsp3) is 0.118. The number of hydrogen-bond acceptors (Lipinski definition) is 3. The van der Waals surface area contributed by atoms with Gasteiger partial charge in [0.1, 0.15) is 4.90 Å². The minimum Gasteiger partial charge on any atom is -0.358 e. The third-order valence-electron chi connectivity index (χ3n) is 3.86. The van der Waals surface area contributed by atoms with Gasteiger partial charge in [0.25, 0.3) is 0 Å². The number of H-pyrrole nitrogens is 1. The summed E-state index contributed by atoms with van der Waals surface area (Å²) in [5.41, 5.74) is 2.42. The number of sulfonamides is 1. The van der Waals surface area contributed by atoms with Gasteiger partial charge in [0, 0.05) is 22.2 Å². The molecule has 3 aromatic rings. The molecule has 0 spiro atoms. The molecule has 0 aliphatic heterocycles. The smallest absolute Gasteiger partial charge is 0.239 e. The molecular formula is C17H15ClN2O3S. The first-order valence-corrected chi connectivity index (χ1v) is 9.22. The molecule has 0 aliphatic rings. The van der Waals surface area contributed by atoms with E-state index in [1.165, 1.54) is 18.2 Å². The predicted molar refractivity (Wildman–Crippen MR) is 93.9 cm³/mol. The van der Waals surface area contributed by atoms with Gasteiger partial charge in [0.15, 0.2) is 5.78 Å². The van der Waals surface area contributed by atoms with Gasteiger partial charge < -0.3 is 4.98 Å². The van der Waals surface area contributed by atoms with Crippen molar-refractivity contribution in [3.8, 4) is 0 Å². The highest BCUT2D eigenvalue weighted by atomic mass is 35.5. The van der Waals surface area contributed by atoms with E-state index in [-0.39, 0.29) is 21.3 Å². The molecule has 0 fully saturated rings. The van der Waals surface area contributed by atoms with Crippen LogP contribution in [-0.4, -0.2) is 19.2 Å². The second-order valence-electron chi connectivity index (χ2n) is 5.40. The van der Waals surface area contributed by atoms with E-state index in [0.717, 1.165) is 16.6 Å². The van der Waals surface area contributed by atoms with Gasteiger partial charge in [-0.05, 0) is 30.7 Å². The van der Waals surface area contributed by atoms with E-state index in [1.54, 1.807) is 0 Å². The Kier molecular flexibility index (Phi) is 4.21. The molecule has 124 valence electrons. The zero-order valence-electron chi connectivity index (χ0n) is 12.8. The maximum absolute atomic E-state index is 13.0. The van der Waals surface area contributed by atoms with Crippen molar-refractivity contribution >= 4 is 38.3 Å².